The van der Waals surface area contributed by atoms with E-state index in [1.807, 2.05) is 24.3 Å². The van der Waals surface area contributed by atoms with E-state index >= 15 is 9.59 Å². The van der Waals surface area contributed by atoms with Gasteiger partial charge in [-0.1, -0.05) is 140 Å². The monoisotopic (exact) mass is 2130 g/mol. The van der Waals surface area contributed by atoms with Crippen molar-refractivity contribution in [1.29, 1.82) is 0 Å². The average Bonchev–Trinajstić information content (AvgIpc) is 1.66. The lowest BCUT2D eigenvalue weighted by atomic mass is 10.0. The number of aromatic nitrogens is 1. The molecule has 0 bridgehead atoms. The molecule has 7 rings (SSSR count). The molecule has 5 heterocycles. The number of aliphatic hydroxyl groups is 1. The van der Waals surface area contributed by atoms with E-state index in [2.05, 4.69) is 78.8 Å². The number of carboxylic acids is 4. The molecule has 4 aliphatic heterocycles. The van der Waals surface area contributed by atoms with Gasteiger partial charge in [-0.3, -0.25) is 106 Å². The molecule has 0 radical (unpaired) electrons. The van der Waals surface area contributed by atoms with Gasteiger partial charge in [0.25, 0.3) is 0 Å². The predicted octanol–water partition coefficient (Wildman–Crippen LogP) is 1.03. The van der Waals surface area contributed by atoms with E-state index in [4.69, 9.17) is 47.1 Å². The van der Waals surface area contributed by atoms with Gasteiger partial charge in [0.15, 0.2) is 11.7 Å². The Morgan fingerprint density at radius 2 is 1.11 bits per heavy atom. The maximum absolute atomic E-state index is 15.1. The minimum absolute atomic E-state index is 0.0144. The van der Waals surface area contributed by atoms with Crippen LogP contribution in [0, 0.1) is 0 Å². The van der Waals surface area contributed by atoms with Crippen LogP contribution in [0.2, 0.25) is 0 Å². The van der Waals surface area contributed by atoms with Crippen LogP contribution in [-0.4, -0.2) is 346 Å². The van der Waals surface area contributed by atoms with Gasteiger partial charge in [-0.25, -0.2) is 0 Å². The number of unbranched alkanes of at least 4 members (excludes halogenated alkanes) is 13. The molecule has 4 aliphatic rings. The number of guanidine groups is 1. The number of likely N-dealkylation sites (tertiary alicyclic amines) is 2. The number of aromatic amines is 1. The largest absolute Gasteiger partial charge is 0.481 e. The lowest BCUT2D eigenvalue weighted by Gasteiger charge is -2.33. The fourth-order valence-corrected chi connectivity index (χ4v) is 19.6. The van der Waals surface area contributed by atoms with Gasteiger partial charge in [-0.15, -0.1) is 0 Å². The Bertz CT molecular complexity index is 4940. The molecule has 14 amide bonds. The molecule has 0 aliphatic carbocycles. The maximum Gasteiger partial charge on any atom is 0.317 e. The van der Waals surface area contributed by atoms with Gasteiger partial charge in [-0.05, 0) is 140 Å². The van der Waals surface area contributed by atoms with Crippen LogP contribution in [0.4, 0.5) is 0 Å². The number of rotatable bonds is 63. The number of ether oxygens (including phenoxy) is 2. The second kappa shape index (κ2) is 70.3. The summed E-state index contributed by atoms with van der Waals surface area (Å²) in [5, 5.41) is 79.2. The van der Waals surface area contributed by atoms with Crippen LogP contribution in [0.1, 0.15) is 224 Å². The highest BCUT2D eigenvalue weighted by Gasteiger charge is 2.46. The summed E-state index contributed by atoms with van der Waals surface area (Å²) < 4.78 is 10.8. The zero-order valence-corrected chi connectivity index (χ0v) is 87.0. The number of Topliss-reactive ketones (excluding diaryl/α,β-unsaturated/α-hetero) is 1. The topological polar surface area (TPSA) is 717 Å². The van der Waals surface area contributed by atoms with Crippen molar-refractivity contribution in [3.63, 3.8) is 0 Å². The summed E-state index contributed by atoms with van der Waals surface area (Å²) in [5.74, 6) is -13.5. The Hall–Kier alpha value is -12.7. The number of ketones is 1. The van der Waals surface area contributed by atoms with E-state index in [9.17, 15) is 86.6 Å². The number of carbonyl (C=O) groups is 19. The highest BCUT2D eigenvalue weighted by molar-refractivity contribution is 8.76. The van der Waals surface area contributed by atoms with Crippen molar-refractivity contribution >= 4 is 157 Å². The molecule has 1 aromatic heterocycles. The number of amides is 14. The normalized spacial score (nSPS) is 19.1. The Morgan fingerprint density at radius 3 is 1.72 bits per heavy atom. The molecular formula is C100H153N21O26S2. The number of primary amides is 1. The number of carbonyl (C=O) groups excluding carboxylic acids is 15. The first-order chi connectivity index (χ1) is 71.4. The summed E-state index contributed by atoms with van der Waals surface area (Å²) >= 11 is 0. The smallest absolute Gasteiger partial charge is 0.317 e. The number of benzene rings is 2. The Labute approximate surface area is 875 Å². The van der Waals surface area contributed by atoms with E-state index in [0.717, 1.165) is 49.4 Å². The molecule has 24 N–H and O–H groups in total. The number of aliphatic imine (C=N–C) groups is 2. The van der Waals surface area contributed by atoms with E-state index in [-0.39, 0.29) is 178 Å². The molecule has 3 fully saturated rings. The molecule has 0 saturated carbocycles. The lowest BCUT2D eigenvalue weighted by Crippen LogP contribution is -2.61. The Balaban J connectivity index is 0.000000469. The third kappa shape index (κ3) is 49.1. The summed E-state index contributed by atoms with van der Waals surface area (Å²) in [6.45, 7) is 2.42. The summed E-state index contributed by atoms with van der Waals surface area (Å²) in [7, 11) is 3.87. The highest BCUT2D eigenvalue weighted by atomic mass is 33.1. The quantitative estimate of drug-likeness (QED) is 0.0162. The first-order valence-electron chi connectivity index (χ1n) is 51.2. The predicted molar refractivity (Wildman–Crippen MR) is 556 cm³/mol. The van der Waals surface area contributed by atoms with Crippen LogP contribution in [0.25, 0.3) is 10.9 Å². The molecule has 2 aromatic carbocycles. The standard InChI is InChI=1S/C56H74N14O11S2.C44H79N7O15/c1-32(72)44(30-71)67-53(79)46-18-10-23-69(46)55(81)47-19-11-24-70(47)54(80)45-31-83-82-25-20-40(62-33(2)73)49(75)66-43(28-36-14-8-21-59-36)52(78)64-41(26-34-12-4-3-5-13-34)50(76)63-39(17-9-22-60-56(57)58)48(74)65-42(51(77)68-45)27-35-29-61-38-16-7-6-15-37(35)38;1-46-34(22-23-39(56)57)43(63)50-35(19-15-17-26-51(30-40(58)59)31-41(60)61)44(64)49-33(42(45)62)18-14-16-24-47-37(53)32-66-29-28-65-27-25-48-36(52)20-12-10-8-6-4-2-3-5-7-9-11-13-21-38(54)55/h3-7,12-16,21,29,39-47,61,71H,8-11,17-20,22-28,30-31H2,1-2H3,(H,62,73)(H,63,76)(H,64,78)(H,65,74)(H,66,75)(H,67,79)(H,68,77)(H4,57,58,60);33-35,46H,2-32H2,1H3,(H2,45,62)(H,47,53)(H,48,52)(H,49,64)(H,50,63)(H,54,55)(H,56,57)(H,58,59)(H,60,61)/t39-,40-,41+,42-,43-,44-,45-,46-,47-;33-,34-,35-/m00/s1. The van der Waals surface area contributed by atoms with Gasteiger partial charge in [0.1, 0.15) is 73.1 Å². The van der Waals surface area contributed by atoms with Crippen LogP contribution in [-0.2, 0) is 113 Å². The second-order valence-corrected chi connectivity index (χ2v) is 39.8. The number of carboxylic acid groups (broad SMARTS) is 4. The van der Waals surface area contributed by atoms with Gasteiger partial charge in [-0.2, -0.15) is 0 Å². The van der Waals surface area contributed by atoms with E-state index in [0.29, 0.717) is 68.5 Å². The molecular weight excluding hydrogens is 1980 g/mol. The molecule has 826 valence electrons. The van der Waals surface area contributed by atoms with Crippen molar-refractivity contribution in [3.05, 3.63) is 83.7 Å². The van der Waals surface area contributed by atoms with Gasteiger partial charge in [0.2, 0.25) is 82.7 Å². The number of nitrogens with two attached hydrogens (primary N) is 3. The number of hydrogen-bond donors (Lipinski definition) is 21. The van der Waals surface area contributed by atoms with Crippen molar-refractivity contribution in [3.8, 4) is 0 Å². The number of H-pyrrole nitrogens is 1. The van der Waals surface area contributed by atoms with Gasteiger partial charge in [0.05, 0.1) is 45.6 Å². The molecule has 3 aromatic rings. The molecule has 12 atom stereocenters. The zero-order valence-electron chi connectivity index (χ0n) is 85.4. The van der Waals surface area contributed by atoms with E-state index in [1.165, 1.54) is 95.7 Å². The van der Waals surface area contributed by atoms with Gasteiger partial charge >= 0.3 is 23.9 Å². The Morgan fingerprint density at radius 1 is 0.544 bits per heavy atom. The molecule has 49 heteroatoms. The lowest BCUT2D eigenvalue weighted by molar-refractivity contribution is -0.148. The number of nitrogens with zero attached hydrogens (tertiary/aromatic N) is 5. The van der Waals surface area contributed by atoms with E-state index < -0.39 is 193 Å². The number of allylic oxidation sites excluding steroid dienone is 1. The molecule has 0 unspecified atom stereocenters. The van der Waals surface area contributed by atoms with Crippen LogP contribution < -0.4 is 81.0 Å². The van der Waals surface area contributed by atoms with Gasteiger partial charge < -0.3 is 131 Å². The average molecular weight is 2130 g/mol. The minimum Gasteiger partial charge on any atom is -0.481 e. The number of likely N-dealkylation sites (N-methyl/N-ethyl adjacent to an activating group) is 1. The first kappa shape index (κ1) is 125. The summed E-state index contributed by atoms with van der Waals surface area (Å²) in [6, 6.07) is 1.83. The third-order valence-corrected chi connectivity index (χ3v) is 27.7. The highest BCUT2D eigenvalue weighted by Crippen LogP contribution is 2.30. The molecule has 149 heavy (non-hydrogen) atoms. The van der Waals surface area contributed by atoms with Crippen molar-refractivity contribution in [2.75, 3.05) is 104 Å². The number of fused-ring (bicyclic) bond motifs is 1. The number of hydrogen-bond acceptors (Lipinski definition) is 28. The van der Waals surface area contributed by atoms with Crippen molar-refractivity contribution < 1.29 is 126 Å². The third-order valence-electron chi connectivity index (χ3n) is 25.3. The molecule has 0 spiro atoms. The second-order valence-electron chi connectivity index (χ2n) is 37.1. The SMILES string of the molecule is CC(=O)N[C@H]1CCSSC[C@@H](C(=O)N2CCC[C@H]2C(=O)N2CCC[C@H]2C(=O)N[C@@H](CO)C(C)=O)NC(=O)[C@H](Cc2c[nH]c3ccccc23)NC(=O)[C@H](CCCN=C(N)N)NC(=O)[C@@H](Cc2ccccc2)NC(=O)[C@H](CC2=CCC=N2)NC1=O.CN[C@@H](CCC(=O)O)C(=O)N[C@@H](CCCCN(CC(=O)O)CC(=O)O)C(=O)N[C@@H](CCCCNC(=O)COCCOCCNC(=O)CCCCCCCCCCCCCCC(=O)O)C(N)=O. The Kier molecular flexibility index (Phi) is 59.0. The fourth-order valence-electron chi connectivity index (χ4n) is 17.3. The number of aliphatic carboxylic acids is 4. The maximum atomic E-state index is 15.1. The van der Waals surface area contributed by atoms with E-state index in [1.54, 1.807) is 48.8 Å². The molecule has 3 saturated heterocycles. The first-order valence-corrected chi connectivity index (χ1v) is 53.7. The minimum atomic E-state index is -1.40. The fraction of sp³-hybridized carbons (Fsp3) is 0.630. The van der Waals surface area contributed by atoms with Crippen LogP contribution in [0.15, 0.2) is 82.6 Å². The number of para-hydroxylation sites is 1. The van der Waals surface area contributed by atoms with Crippen molar-refractivity contribution in [1.82, 2.24) is 83.5 Å². The van der Waals surface area contributed by atoms with Crippen LogP contribution >= 0.6 is 21.6 Å². The van der Waals surface area contributed by atoms with Gasteiger partial charge in [0, 0.05) is 125 Å². The summed E-state index contributed by atoms with van der Waals surface area (Å²) in [6.07, 6.45) is 21.7. The van der Waals surface area contributed by atoms with Crippen LogP contribution in [0.5, 0.6) is 0 Å². The van der Waals surface area contributed by atoms with Crippen LogP contribution in [0.3, 0.4) is 0 Å². The number of nitrogens with one attached hydrogen (secondary N) is 13. The summed E-state index contributed by atoms with van der Waals surface area (Å²) in [5.41, 5.74) is 19.4. The molecule has 47 nitrogen and oxygen atoms in total. The van der Waals surface area contributed by atoms with Crippen molar-refractivity contribution in [2.45, 2.75) is 298 Å². The number of aliphatic hydroxyl groups excluding tert-OH is 1. The summed E-state index contributed by atoms with van der Waals surface area (Å²) in [4.78, 5) is 264. The zero-order chi connectivity index (χ0) is 109. The van der Waals surface area contributed by atoms with Crippen molar-refractivity contribution in [2.24, 2.45) is 27.2 Å².